The molecule has 4 aromatic carbocycles. The van der Waals surface area contributed by atoms with Crippen LogP contribution in [0.25, 0.3) is 0 Å². The fraction of sp³-hybridized carbons (Fsp3) is 0.182. The molecule has 1 atom stereocenters. The van der Waals surface area contributed by atoms with E-state index in [9.17, 15) is 18.0 Å². The van der Waals surface area contributed by atoms with Gasteiger partial charge in [0.2, 0.25) is 0 Å². The van der Waals surface area contributed by atoms with E-state index in [4.69, 9.17) is 9.47 Å². The predicted molar refractivity (Wildman–Crippen MR) is 169 cm³/mol. The number of hydrogen-bond acceptors (Lipinski definition) is 7. The first-order valence-corrected chi connectivity index (χ1v) is 15.2. The molecule has 0 heterocycles. The predicted octanol–water partition coefficient (Wildman–Crippen LogP) is 4.61. The van der Waals surface area contributed by atoms with E-state index in [1.165, 1.54) is 25.5 Å². The summed E-state index contributed by atoms with van der Waals surface area (Å²) in [6.45, 7) is 3.10. The number of ether oxygens (including phenoxy) is 2. The quantitative estimate of drug-likeness (QED) is 0.167. The van der Waals surface area contributed by atoms with E-state index in [1.54, 1.807) is 60.7 Å². The Morgan fingerprint density at radius 3 is 2.27 bits per heavy atom. The topological polar surface area (TPSA) is 126 Å². The lowest BCUT2D eigenvalue weighted by Crippen LogP contribution is -2.39. The molecule has 0 unspecified atom stereocenters. The van der Waals surface area contributed by atoms with Gasteiger partial charge in [-0.2, -0.15) is 5.10 Å². The molecule has 0 aliphatic heterocycles. The van der Waals surface area contributed by atoms with Crippen molar-refractivity contribution in [1.29, 1.82) is 0 Å². The van der Waals surface area contributed by atoms with Crippen LogP contribution in [0.5, 0.6) is 11.5 Å². The Bertz CT molecular complexity index is 1690. The Hall–Kier alpha value is -5.16. The van der Waals surface area contributed by atoms with Gasteiger partial charge in [0.25, 0.3) is 21.8 Å². The normalized spacial score (nSPS) is 11.9. The largest absolute Gasteiger partial charge is 0.497 e. The maximum Gasteiger partial charge on any atom is 0.264 e. The average Bonchev–Trinajstić information content (AvgIpc) is 3.03. The fourth-order valence-electron chi connectivity index (χ4n) is 4.17. The monoisotopic (exact) mass is 614 g/mol. The smallest absolute Gasteiger partial charge is 0.264 e. The summed E-state index contributed by atoms with van der Waals surface area (Å²) in [4.78, 5) is 25.2. The lowest BCUT2D eigenvalue weighted by molar-refractivity contribution is -0.123. The molecule has 10 nitrogen and oxygen atoms in total. The van der Waals surface area contributed by atoms with Crippen molar-refractivity contribution in [3.63, 3.8) is 0 Å². The average molecular weight is 615 g/mol. The van der Waals surface area contributed by atoms with E-state index in [-0.39, 0.29) is 29.1 Å². The number of rotatable bonds is 13. The van der Waals surface area contributed by atoms with Gasteiger partial charge in [-0.1, -0.05) is 54.1 Å². The second-order valence-corrected chi connectivity index (χ2v) is 11.7. The van der Waals surface area contributed by atoms with E-state index in [2.05, 4.69) is 15.8 Å². The highest BCUT2D eigenvalue weighted by atomic mass is 32.2. The van der Waals surface area contributed by atoms with Crippen LogP contribution in [0.4, 0.5) is 5.69 Å². The van der Waals surface area contributed by atoms with E-state index in [1.807, 2.05) is 44.2 Å². The first-order chi connectivity index (χ1) is 21.2. The maximum absolute atomic E-state index is 13.5. The minimum atomic E-state index is -4.08. The van der Waals surface area contributed by atoms with E-state index in [0.29, 0.717) is 17.1 Å². The Morgan fingerprint density at radius 2 is 1.59 bits per heavy atom. The van der Waals surface area contributed by atoms with Crippen LogP contribution in [0.3, 0.4) is 0 Å². The summed E-state index contributed by atoms with van der Waals surface area (Å²) in [5, 5.41) is 6.87. The van der Waals surface area contributed by atoms with Crippen molar-refractivity contribution >= 4 is 33.7 Å². The number of benzene rings is 4. The molecule has 2 N–H and O–H groups in total. The number of sulfonamides is 1. The molecule has 44 heavy (non-hydrogen) atoms. The van der Waals surface area contributed by atoms with Gasteiger partial charge in [0, 0.05) is 6.07 Å². The minimum absolute atomic E-state index is 0.0488. The lowest BCUT2D eigenvalue weighted by Gasteiger charge is -2.24. The summed E-state index contributed by atoms with van der Waals surface area (Å²) in [7, 11) is -2.61. The van der Waals surface area contributed by atoms with E-state index < -0.39 is 22.5 Å². The molecule has 0 aliphatic carbocycles. The van der Waals surface area contributed by atoms with Crippen LogP contribution in [0.2, 0.25) is 0 Å². The number of anilines is 1. The number of methoxy groups -OCH3 is 1. The number of nitrogens with zero attached hydrogens (tertiary/aromatic N) is 2. The summed E-state index contributed by atoms with van der Waals surface area (Å²) in [5.74, 6) is 0.0429. The highest BCUT2D eigenvalue weighted by Crippen LogP contribution is 2.27. The molecule has 2 amide bonds. The highest BCUT2D eigenvalue weighted by molar-refractivity contribution is 7.92. The Morgan fingerprint density at radius 1 is 0.886 bits per heavy atom. The Kier molecular flexibility index (Phi) is 10.7. The molecule has 0 fully saturated rings. The molecule has 4 aromatic rings. The summed E-state index contributed by atoms with van der Waals surface area (Å²) in [5.41, 5.74) is 5.21. The van der Waals surface area contributed by atoms with Gasteiger partial charge in [-0.15, -0.1) is 0 Å². The zero-order valence-corrected chi connectivity index (χ0v) is 25.5. The van der Waals surface area contributed by atoms with E-state index in [0.717, 1.165) is 15.4 Å². The highest BCUT2D eigenvalue weighted by Gasteiger charge is 2.27. The number of amides is 2. The van der Waals surface area contributed by atoms with Crippen molar-refractivity contribution < 1.29 is 27.5 Å². The van der Waals surface area contributed by atoms with Crippen molar-refractivity contribution in [3.8, 4) is 11.5 Å². The molecule has 0 aromatic heterocycles. The van der Waals surface area contributed by atoms with Crippen molar-refractivity contribution in [3.05, 3.63) is 120 Å². The van der Waals surface area contributed by atoms with Crippen LogP contribution < -0.4 is 24.5 Å². The Balaban J connectivity index is 1.35. The second-order valence-electron chi connectivity index (χ2n) is 9.88. The third-order valence-electron chi connectivity index (χ3n) is 6.57. The van der Waals surface area contributed by atoms with Crippen molar-refractivity contribution in [2.24, 2.45) is 5.10 Å². The zero-order valence-electron chi connectivity index (χ0n) is 24.6. The molecule has 228 valence electrons. The van der Waals surface area contributed by atoms with Crippen molar-refractivity contribution in [1.82, 2.24) is 10.7 Å². The summed E-state index contributed by atoms with van der Waals surface area (Å²) >= 11 is 0. The number of carbonyl (C=O) groups excluding carboxylic acids is 2. The standard InChI is InChI=1S/C33H34N4O6S/c1-24-12-18-31(19-13-24)44(40,41)37(28-10-7-11-30(20-28)42-3)22-32(38)36-34-21-26-14-16-29(17-15-26)43-23-33(39)35-25(2)27-8-5-4-6-9-27/h4-21,25H,22-23H2,1-3H3,(H,35,39)(H,36,38)/b34-21-/t25-/m1/s1. The fourth-order valence-corrected chi connectivity index (χ4v) is 5.58. The molecule has 11 heteroatoms. The zero-order chi connectivity index (χ0) is 31.5. The number of carbonyl (C=O) groups is 2. The van der Waals surface area contributed by atoms with Crippen LogP contribution in [-0.4, -0.2) is 46.7 Å². The first kappa shape index (κ1) is 31.8. The van der Waals surface area contributed by atoms with Crippen LogP contribution >= 0.6 is 0 Å². The van der Waals surface area contributed by atoms with Gasteiger partial charge >= 0.3 is 0 Å². The van der Waals surface area contributed by atoms with Gasteiger partial charge in [-0.25, -0.2) is 13.8 Å². The number of hydrazone groups is 1. The summed E-state index contributed by atoms with van der Waals surface area (Å²) < 4.78 is 38.9. The molecule has 0 spiro atoms. The molecular weight excluding hydrogens is 580 g/mol. The van der Waals surface area contributed by atoms with E-state index >= 15 is 0 Å². The van der Waals surface area contributed by atoms with Gasteiger partial charge in [0.1, 0.15) is 18.0 Å². The van der Waals surface area contributed by atoms with Crippen LogP contribution in [0.1, 0.15) is 29.7 Å². The molecule has 0 bridgehead atoms. The molecule has 0 aliphatic rings. The van der Waals surface area contributed by atoms with Crippen molar-refractivity contribution in [2.45, 2.75) is 24.8 Å². The van der Waals surface area contributed by atoms with Gasteiger partial charge in [0.05, 0.1) is 29.9 Å². The lowest BCUT2D eigenvalue weighted by atomic mass is 10.1. The van der Waals surface area contributed by atoms with Crippen LogP contribution in [0.15, 0.2) is 113 Å². The minimum Gasteiger partial charge on any atom is -0.497 e. The second kappa shape index (κ2) is 14.8. The molecule has 0 saturated carbocycles. The van der Waals surface area contributed by atoms with Gasteiger partial charge in [-0.05, 0) is 73.5 Å². The third-order valence-corrected chi connectivity index (χ3v) is 8.36. The number of hydrogen-bond donors (Lipinski definition) is 2. The van der Waals surface area contributed by atoms with Gasteiger partial charge in [0.15, 0.2) is 6.61 Å². The summed E-state index contributed by atoms with van der Waals surface area (Å²) in [6, 6.07) is 29.1. The third kappa shape index (κ3) is 8.68. The molecular formula is C33H34N4O6S. The number of nitrogens with one attached hydrogen (secondary N) is 2. The Labute approximate surface area is 257 Å². The number of aryl methyl sites for hydroxylation is 1. The SMILES string of the molecule is COc1cccc(N(CC(=O)N/N=C\c2ccc(OCC(=O)N[C@H](C)c3ccccc3)cc2)S(=O)(=O)c2ccc(C)cc2)c1. The first-order valence-electron chi connectivity index (χ1n) is 13.8. The molecule has 0 radical (unpaired) electrons. The van der Waals surface area contributed by atoms with Crippen LogP contribution in [0, 0.1) is 6.92 Å². The van der Waals surface area contributed by atoms with Gasteiger partial charge in [-0.3, -0.25) is 13.9 Å². The van der Waals surface area contributed by atoms with Crippen LogP contribution in [-0.2, 0) is 19.6 Å². The van der Waals surface area contributed by atoms with Crippen molar-refractivity contribution in [2.75, 3.05) is 24.6 Å². The summed E-state index contributed by atoms with van der Waals surface area (Å²) in [6.07, 6.45) is 1.42. The molecule has 0 saturated heterocycles. The molecule has 4 rings (SSSR count). The maximum atomic E-state index is 13.5. The van der Waals surface area contributed by atoms with Gasteiger partial charge < -0.3 is 14.8 Å².